The minimum atomic E-state index is -3.70. The predicted octanol–water partition coefficient (Wildman–Crippen LogP) is 3.54. The zero-order valence-electron chi connectivity index (χ0n) is 12.3. The first-order valence-corrected chi connectivity index (χ1v) is 8.92. The molecule has 0 saturated carbocycles. The largest absolute Gasteiger partial charge is 0.493 e. The molecule has 5 nitrogen and oxygen atoms in total. The molecule has 0 fully saturated rings. The van der Waals surface area contributed by atoms with Gasteiger partial charge in [0.25, 0.3) is 10.0 Å². The molecule has 3 N–H and O–H groups in total. The van der Waals surface area contributed by atoms with E-state index < -0.39 is 10.0 Å². The number of anilines is 2. The first-order valence-electron chi connectivity index (χ1n) is 6.65. The van der Waals surface area contributed by atoms with Gasteiger partial charge >= 0.3 is 0 Å². The molecule has 7 heteroatoms. The summed E-state index contributed by atoms with van der Waals surface area (Å²) < 4.78 is 33.6. The van der Waals surface area contributed by atoms with Crippen LogP contribution in [0.4, 0.5) is 11.4 Å². The standard InChI is InChI=1S/C15H17BrN2O3S/c1-3-21-14-7-6-12(9-13(14)16)18-22(19,20)15-8-11(17)5-4-10(15)2/h4-9,18H,3,17H2,1-2H3. The Labute approximate surface area is 138 Å². The molecule has 0 aromatic heterocycles. The summed E-state index contributed by atoms with van der Waals surface area (Å²) in [6.07, 6.45) is 0. The summed E-state index contributed by atoms with van der Waals surface area (Å²) in [7, 11) is -3.70. The molecule has 22 heavy (non-hydrogen) atoms. The molecular weight excluding hydrogens is 368 g/mol. The van der Waals surface area contributed by atoms with Gasteiger partial charge in [-0.2, -0.15) is 0 Å². The highest BCUT2D eigenvalue weighted by Gasteiger charge is 2.17. The van der Waals surface area contributed by atoms with Crippen LogP contribution in [0.25, 0.3) is 0 Å². The van der Waals surface area contributed by atoms with Crippen molar-refractivity contribution in [3.63, 3.8) is 0 Å². The van der Waals surface area contributed by atoms with Crippen molar-refractivity contribution in [1.82, 2.24) is 0 Å². The molecule has 0 aliphatic carbocycles. The van der Waals surface area contributed by atoms with Gasteiger partial charge in [-0.25, -0.2) is 8.42 Å². The molecule has 118 valence electrons. The molecule has 0 amide bonds. The topological polar surface area (TPSA) is 81.4 Å². The van der Waals surface area contributed by atoms with E-state index in [1.807, 2.05) is 6.92 Å². The molecule has 2 aromatic carbocycles. The van der Waals surface area contributed by atoms with Crippen LogP contribution in [0.5, 0.6) is 5.75 Å². The molecular formula is C15H17BrN2O3S. The Morgan fingerprint density at radius 3 is 2.59 bits per heavy atom. The van der Waals surface area contributed by atoms with Crippen molar-refractivity contribution in [1.29, 1.82) is 0 Å². The van der Waals surface area contributed by atoms with Crippen molar-refractivity contribution < 1.29 is 13.2 Å². The number of nitrogen functional groups attached to an aromatic ring is 1. The number of hydrogen-bond acceptors (Lipinski definition) is 4. The van der Waals surface area contributed by atoms with E-state index in [0.29, 0.717) is 33.8 Å². The fraction of sp³-hybridized carbons (Fsp3) is 0.200. The van der Waals surface area contributed by atoms with Crippen LogP contribution in [-0.4, -0.2) is 15.0 Å². The Balaban J connectivity index is 2.33. The van der Waals surface area contributed by atoms with Crippen LogP contribution in [0.15, 0.2) is 45.8 Å². The Hall–Kier alpha value is -1.73. The van der Waals surface area contributed by atoms with Gasteiger partial charge in [0.1, 0.15) is 5.75 Å². The maximum absolute atomic E-state index is 12.5. The van der Waals surface area contributed by atoms with Crippen LogP contribution in [0.1, 0.15) is 12.5 Å². The van der Waals surface area contributed by atoms with E-state index in [4.69, 9.17) is 10.5 Å². The van der Waals surface area contributed by atoms with Gasteiger partial charge in [0.2, 0.25) is 0 Å². The maximum Gasteiger partial charge on any atom is 0.262 e. The lowest BCUT2D eigenvalue weighted by Gasteiger charge is -2.12. The Morgan fingerprint density at radius 1 is 1.23 bits per heavy atom. The van der Waals surface area contributed by atoms with Crippen LogP contribution in [0.3, 0.4) is 0 Å². The molecule has 0 radical (unpaired) electrons. The molecule has 0 unspecified atom stereocenters. The summed E-state index contributed by atoms with van der Waals surface area (Å²) in [5.41, 5.74) is 7.15. The van der Waals surface area contributed by atoms with Crippen molar-refractivity contribution in [2.75, 3.05) is 17.1 Å². The molecule has 0 aliphatic rings. The summed E-state index contributed by atoms with van der Waals surface area (Å²) in [6.45, 7) is 4.14. The van der Waals surface area contributed by atoms with Gasteiger partial charge in [-0.1, -0.05) is 6.07 Å². The number of ether oxygens (including phenoxy) is 1. The molecule has 0 atom stereocenters. The second-order valence-electron chi connectivity index (χ2n) is 4.71. The number of halogens is 1. The van der Waals surface area contributed by atoms with Crippen molar-refractivity contribution in [2.45, 2.75) is 18.7 Å². The minimum Gasteiger partial charge on any atom is -0.493 e. The normalized spacial score (nSPS) is 11.2. The second kappa shape index (κ2) is 6.58. The maximum atomic E-state index is 12.5. The lowest BCUT2D eigenvalue weighted by Crippen LogP contribution is -2.14. The number of hydrogen-bond donors (Lipinski definition) is 2. The van der Waals surface area contributed by atoms with Gasteiger partial charge in [-0.05, 0) is 65.7 Å². The molecule has 2 rings (SSSR count). The number of benzene rings is 2. The fourth-order valence-electron chi connectivity index (χ4n) is 1.95. The van der Waals surface area contributed by atoms with Crippen LogP contribution in [0, 0.1) is 6.92 Å². The van der Waals surface area contributed by atoms with E-state index in [9.17, 15) is 8.42 Å². The van der Waals surface area contributed by atoms with E-state index in [2.05, 4.69) is 20.7 Å². The SMILES string of the molecule is CCOc1ccc(NS(=O)(=O)c2cc(N)ccc2C)cc1Br. The van der Waals surface area contributed by atoms with Crippen molar-refractivity contribution in [3.05, 3.63) is 46.4 Å². The Kier molecular flexibility index (Phi) is 4.97. The third-order valence-corrected chi connectivity index (χ3v) is 5.13. The van der Waals surface area contributed by atoms with Crippen LogP contribution in [-0.2, 0) is 10.0 Å². The zero-order valence-corrected chi connectivity index (χ0v) is 14.7. The quantitative estimate of drug-likeness (QED) is 0.772. The fourth-order valence-corrected chi connectivity index (χ4v) is 3.78. The van der Waals surface area contributed by atoms with Gasteiger partial charge in [-0.3, -0.25) is 4.72 Å². The molecule has 0 aliphatic heterocycles. The van der Waals surface area contributed by atoms with Crippen LogP contribution in [0.2, 0.25) is 0 Å². The van der Waals surface area contributed by atoms with E-state index in [-0.39, 0.29) is 4.90 Å². The van der Waals surface area contributed by atoms with E-state index in [1.54, 1.807) is 37.3 Å². The smallest absolute Gasteiger partial charge is 0.262 e. The lowest BCUT2D eigenvalue weighted by molar-refractivity contribution is 0.338. The zero-order chi connectivity index (χ0) is 16.3. The number of aryl methyl sites for hydroxylation is 1. The summed E-state index contributed by atoms with van der Waals surface area (Å²) in [5.74, 6) is 0.658. The van der Waals surface area contributed by atoms with Crippen LogP contribution >= 0.6 is 15.9 Å². The van der Waals surface area contributed by atoms with Gasteiger partial charge < -0.3 is 10.5 Å². The van der Waals surface area contributed by atoms with Crippen molar-refractivity contribution in [3.8, 4) is 5.75 Å². The van der Waals surface area contributed by atoms with Gasteiger partial charge in [0.05, 0.1) is 21.7 Å². The average Bonchev–Trinajstić information content (AvgIpc) is 2.44. The third-order valence-electron chi connectivity index (χ3n) is 2.99. The Morgan fingerprint density at radius 2 is 1.95 bits per heavy atom. The van der Waals surface area contributed by atoms with Crippen molar-refractivity contribution >= 4 is 37.3 Å². The first kappa shape index (κ1) is 16.6. The molecule has 0 spiro atoms. The van der Waals surface area contributed by atoms with Gasteiger partial charge in [-0.15, -0.1) is 0 Å². The lowest BCUT2D eigenvalue weighted by atomic mass is 10.2. The highest BCUT2D eigenvalue weighted by molar-refractivity contribution is 9.10. The minimum absolute atomic E-state index is 0.164. The number of nitrogens with two attached hydrogens (primary N) is 1. The van der Waals surface area contributed by atoms with E-state index in [0.717, 1.165) is 0 Å². The predicted molar refractivity (Wildman–Crippen MR) is 91.7 cm³/mol. The third kappa shape index (κ3) is 3.72. The number of sulfonamides is 1. The molecule has 2 aromatic rings. The summed E-state index contributed by atoms with van der Waals surface area (Å²) in [6, 6.07) is 9.80. The number of rotatable bonds is 5. The van der Waals surface area contributed by atoms with Crippen LogP contribution < -0.4 is 15.2 Å². The highest BCUT2D eigenvalue weighted by atomic mass is 79.9. The number of nitrogens with one attached hydrogen (secondary N) is 1. The molecule has 0 saturated heterocycles. The summed E-state index contributed by atoms with van der Waals surface area (Å²) in [5, 5.41) is 0. The summed E-state index contributed by atoms with van der Waals surface area (Å²) in [4.78, 5) is 0.164. The first-order chi connectivity index (χ1) is 10.3. The highest BCUT2D eigenvalue weighted by Crippen LogP contribution is 2.29. The summed E-state index contributed by atoms with van der Waals surface area (Å²) >= 11 is 3.36. The molecule has 0 bridgehead atoms. The van der Waals surface area contributed by atoms with E-state index >= 15 is 0 Å². The van der Waals surface area contributed by atoms with Crippen molar-refractivity contribution in [2.24, 2.45) is 0 Å². The van der Waals surface area contributed by atoms with Gasteiger partial charge in [0, 0.05) is 5.69 Å². The molecule has 0 heterocycles. The average molecular weight is 385 g/mol. The second-order valence-corrected chi connectivity index (χ2v) is 7.21. The van der Waals surface area contributed by atoms with Gasteiger partial charge in [0.15, 0.2) is 0 Å². The van der Waals surface area contributed by atoms with E-state index in [1.165, 1.54) is 6.07 Å². The Bertz CT molecular complexity index is 791. The monoisotopic (exact) mass is 384 g/mol.